The molecule has 7 nitrogen and oxygen atoms in total. The molecule has 5 rings (SSSR count). The highest BCUT2D eigenvalue weighted by Crippen LogP contribution is 2.37. The number of benzene rings is 2. The Labute approximate surface area is 202 Å². The van der Waals surface area contributed by atoms with E-state index in [-0.39, 0.29) is 11.8 Å². The lowest BCUT2D eigenvalue weighted by Crippen LogP contribution is -2.51. The second kappa shape index (κ2) is 10.3. The molecular weight excluding hydrogens is 450 g/mol. The maximum atomic E-state index is 13.1. The van der Waals surface area contributed by atoms with Crippen molar-refractivity contribution in [3.05, 3.63) is 71.1 Å². The van der Waals surface area contributed by atoms with Gasteiger partial charge < -0.3 is 19.7 Å². The molecule has 3 heterocycles. The van der Waals surface area contributed by atoms with Gasteiger partial charge in [0.2, 0.25) is 5.91 Å². The molecule has 1 aromatic heterocycles. The number of nitrogens with one attached hydrogen (secondary N) is 1. The summed E-state index contributed by atoms with van der Waals surface area (Å²) in [5, 5.41) is 2.97. The average Bonchev–Trinajstić information content (AvgIpc) is 3.38. The Morgan fingerprint density at radius 2 is 1.65 bits per heavy atom. The van der Waals surface area contributed by atoms with Crippen molar-refractivity contribution in [3.8, 4) is 21.9 Å². The molecule has 1 fully saturated rings. The normalized spacial score (nSPS) is 15.7. The van der Waals surface area contributed by atoms with E-state index in [0.29, 0.717) is 52.5 Å². The summed E-state index contributed by atoms with van der Waals surface area (Å²) in [6.07, 6.45) is 0. The molecule has 1 saturated heterocycles. The standard InChI is InChI=1S/C26H27N3O4S/c30-25(27-17-19-4-2-1-3-5-19)18-28-10-12-29(13-11-28)26(31)24-9-8-23(34-24)20-6-7-21-22(16-20)33-15-14-32-21/h1-9,16H,10-15,17-18H2,(H,27,30). The molecule has 0 spiro atoms. The average molecular weight is 478 g/mol. The number of thiophene rings is 1. The van der Waals surface area contributed by atoms with Crippen LogP contribution in [0.3, 0.4) is 0 Å². The minimum atomic E-state index is 0.00552. The summed E-state index contributed by atoms with van der Waals surface area (Å²) in [4.78, 5) is 31.1. The van der Waals surface area contributed by atoms with E-state index in [2.05, 4.69) is 10.2 Å². The molecule has 3 aromatic rings. The Morgan fingerprint density at radius 3 is 2.44 bits per heavy atom. The minimum absolute atomic E-state index is 0.00552. The van der Waals surface area contributed by atoms with E-state index in [4.69, 9.17) is 9.47 Å². The molecule has 0 bridgehead atoms. The van der Waals surface area contributed by atoms with Crippen LogP contribution in [-0.2, 0) is 11.3 Å². The van der Waals surface area contributed by atoms with Gasteiger partial charge in [-0.1, -0.05) is 30.3 Å². The van der Waals surface area contributed by atoms with Crippen LogP contribution in [0, 0.1) is 0 Å². The quantitative estimate of drug-likeness (QED) is 0.590. The van der Waals surface area contributed by atoms with Gasteiger partial charge in [0, 0.05) is 37.6 Å². The highest BCUT2D eigenvalue weighted by Gasteiger charge is 2.24. The van der Waals surface area contributed by atoms with Gasteiger partial charge in [-0.15, -0.1) is 11.3 Å². The van der Waals surface area contributed by atoms with E-state index in [9.17, 15) is 9.59 Å². The minimum Gasteiger partial charge on any atom is -0.486 e. The molecule has 2 aliphatic rings. The Balaban J connectivity index is 1.12. The van der Waals surface area contributed by atoms with Gasteiger partial charge >= 0.3 is 0 Å². The largest absolute Gasteiger partial charge is 0.486 e. The van der Waals surface area contributed by atoms with Crippen molar-refractivity contribution in [2.45, 2.75) is 6.54 Å². The SMILES string of the molecule is O=C(CN1CCN(C(=O)c2ccc(-c3ccc4c(c3)OCCO4)s2)CC1)NCc1ccccc1. The van der Waals surface area contributed by atoms with Gasteiger partial charge in [0.1, 0.15) is 13.2 Å². The van der Waals surface area contributed by atoms with Gasteiger partial charge in [-0.05, 0) is 41.5 Å². The predicted octanol–water partition coefficient (Wildman–Crippen LogP) is 3.26. The maximum absolute atomic E-state index is 13.1. The van der Waals surface area contributed by atoms with E-state index in [0.717, 1.165) is 32.4 Å². The highest BCUT2D eigenvalue weighted by atomic mass is 32.1. The van der Waals surface area contributed by atoms with Crippen molar-refractivity contribution in [3.63, 3.8) is 0 Å². The summed E-state index contributed by atoms with van der Waals surface area (Å²) in [5.41, 5.74) is 2.09. The van der Waals surface area contributed by atoms with E-state index >= 15 is 0 Å². The zero-order valence-corrected chi connectivity index (χ0v) is 19.7. The van der Waals surface area contributed by atoms with Crippen molar-refractivity contribution in [2.24, 2.45) is 0 Å². The Bertz CT molecular complexity index is 1160. The van der Waals surface area contributed by atoms with Crippen molar-refractivity contribution in [2.75, 3.05) is 45.9 Å². The smallest absolute Gasteiger partial charge is 0.264 e. The molecule has 0 aliphatic carbocycles. The van der Waals surface area contributed by atoms with Crippen LogP contribution in [0.1, 0.15) is 15.2 Å². The van der Waals surface area contributed by atoms with Crippen LogP contribution in [0.5, 0.6) is 11.5 Å². The first-order valence-corrected chi connectivity index (χ1v) is 12.3. The van der Waals surface area contributed by atoms with E-state index in [1.54, 1.807) is 0 Å². The lowest BCUT2D eigenvalue weighted by Gasteiger charge is -2.34. The van der Waals surface area contributed by atoms with Gasteiger partial charge in [0.15, 0.2) is 11.5 Å². The van der Waals surface area contributed by atoms with Crippen LogP contribution in [0.2, 0.25) is 0 Å². The summed E-state index contributed by atoms with van der Waals surface area (Å²) in [6, 6.07) is 19.6. The molecule has 34 heavy (non-hydrogen) atoms. The topological polar surface area (TPSA) is 71.1 Å². The molecule has 2 aliphatic heterocycles. The fourth-order valence-electron chi connectivity index (χ4n) is 4.13. The fraction of sp³-hybridized carbons (Fsp3) is 0.308. The van der Waals surface area contributed by atoms with Crippen LogP contribution in [0.15, 0.2) is 60.7 Å². The summed E-state index contributed by atoms with van der Waals surface area (Å²) in [7, 11) is 0. The van der Waals surface area contributed by atoms with Crippen LogP contribution < -0.4 is 14.8 Å². The van der Waals surface area contributed by atoms with Gasteiger partial charge in [-0.2, -0.15) is 0 Å². The monoisotopic (exact) mass is 477 g/mol. The summed E-state index contributed by atoms with van der Waals surface area (Å²) < 4.78 is 11.3. The number of hydrogen-bond acceptors (Lipinski definition) is 6. The molecule has 2 aromatic carbocycles. The molecule has 0 atom stereocenters. The van der Waals surface area contributed by atoms with E-state index < -0.39 is 0 Å². The Hall–Kier alpha value is -3.36. The first-order chi connectivity index (χ1) is 16.7. The number of hydrogen-bond donors (Lipinski definition) is 1. The molecule has 1 N–H and O–H groups in total. The highest BCUT2D eigenvalue weighted by molar-refractivity contribution is 7.17. The van der Waals surface area contributed by atoms with Gasteiger partial charge in [0.25, 0.3) is 5.91 Å². The first-order valence-electron chi connectivity index (χ1n) is 11.5. The second-order valence-electron chi connectivity index (χ2n) is 8.35. The number of rotatable bonds is 6. The summed E-state index contributed by atoms with van der Waals surface area (Å²) >= 11 is 1.49. The number of amides is 2. The maximum Gasteiger partial charge on any atom is 0.264 e. The molecule has 0 saturated carbocycles. The van der Waals surface area contributed by atoms with Gasteiger partial charge in [-0.3, -0.25) is 14.5 Å². The Morgan fingerprint density at radius 1 is 0.882 bits per heavy atom. The molecular formula is C26H27N3O4S. The third-order valence-electron chi connectivity index (χ3n) is 6.00. The van der Waals surface area contributed by atoms with Crippen molar-refractivity contribution < 1.29 is 19.1 Å². The van der Waals surface area contributed by atoms with E-state index in [1.165, 1.54) is 11.3 Å². The lowest BCUT2D eigenvalue weighted by molar-refractivity contribution is -0.122. The summed E-state index contributed by atoms with van der Waals surface area (Å²) in [5.74, 6) is 1.55. The van der Waals surface area contributed by atoms with Crippen molar-refractivity contribution in [1.82, 2.24) is 15.1 Å². The van der Waals surface area contributed by atoms with E-state index in [1.807, 2.05) is 65.6 Å². The van der Waals surface area contributed by atoms with Crippen molar-refractivity contribution in [1.29, 1.82) is 0 Å². The van der Waals surface area contributed by atoms with Gasteiger partial charge in [-0.25, -0.2) is 0 Å². The van der Waals surface area contributed by atoms with Crippen molar-refractivity contribution >= 4 is 23.2 Å². The van der Waals surface area contributed by atoms with Crippen LogP contribution in [-0.4, -0.2) is 67.6 Å². The summed E-state index contributed by atoms with van der Waals surface area (Å²) in [6.45, 7) is 4.59. The van der Waals surface area contributed by atoms with Gasteiger partial charge in [0.05, 0.1) is 11.4 Å². The van der Waals surface area contributed by atoms with Crippen LogP contribution >= 0.6 is 11.3 Å². The number of carbonyl (C=O) groups excluding carboxylic acids is 2. The third-order valence-corrected chi connectivity index (χ3v) is 7.13. The number of piperazine rings is 1. The zero-order chi connectivity index (χ0) is 23.3. The molecule has 8 heteroatoms. The number of nitrogens with zero attached hydrogens (tertiary/aromatic N) is 2. The molecule has 0 radical (unpaired) electrons. The zero-order valence-electron chi connectivity index (χ0n) is 18.9. The lowest BCUT2D eigenvalue weighted by atomic mass is 10.1. The third kappa shape index (κ3) is 5.24. The molecule has 176 valence electrons. The molecule has 2 amide bonds. The predicted molar refractivity (Wildman–Crippen MR) is 131 cm³/mol. The fourth-order valence-corrected chi connectivity index (χ4v) is 5.10. The molecule has 0 unspecified atom stereocenters. The van der Waals surface area contributed by atoms with Crippen LogP contribution in [0.4, 0.5) is 0 Å². The second-order valence-corrected chi connectivity index (χ2v) is 9.44. The number of fused-ring (bicyclic) bond motifs is 1. The first kappa shape index (κ1) is 22.4. The Kier molecular flexibility index (Phi) is 6.78. The number of ether oxygens (including phenoxy) is 2. The van der Waals surface area contributed by atoms with Crippen LogP contribution in [0.25, 0.3) is 10.4 Å². The number of carbonyl (C=O) groups is 2.